The van der Waals surface area contributed by atoms with Crippen molar-refractivity contribution in [2.24, 2.45) is 0 Å². The minimum absolute atomic E-state index is 0.126. The first-order chi connectivity index (χ1) is 15.5. The minimum Gasteiger partial charge on any atom is -0.457 e. The zero-order valence-corrected chi connectivity index (χ0v) is 18.4. The first kappa shape index (κ1) is 21.3. The molecule has 32 heavy (non-hydrogen) atoms. The topological polar surface area (TPSA) is 70.5 Å². The molecule has 0 spiro atoms. The predicted octanol–water partition coefficient (Wildman–Crippen LogP) is 7.15. The monoisotopic (exact) mass is 424 g/mol. The molecular formula is C28H28N2O2. The second-order valence-corrected chi connectivity index (χ2v) is 8.08. The Labute approximate surface area is 189 Å². The SMILES string of the molecule is CCC(C)(c1ccc(Oc2ccc(N)cc2)cc1)c1ccc(Oc2ccc(N)cc2)cc1. The number of rotatable bonds is 7. The van der Waals surface area contributed by atoms with Crippen molar-refractivity contribution in [3.63, 3.8) is 0 Å². The van der Waals surface area contributed by atoms with Crippen molar-refractivity contribution in [2.75, 3.05) is 11.5 Å². The van der Waals surface area contributed by atoms with Crippen LogP contribution in [0, 0.1) is 0 Å². The normalized spacial score (nSPS) is 11.2. The standard InChI is InChI=1S/C28H28N2O2/c1-3-28(2,20-4-12-24(13-5-20)31-26-16-8-22(29)9-17-26)21-6-14-25(15-7-21)32-27-18-10-23(30)11-19-27/h4-19H,3,29-30H2,1-2H3. The number of hydrogen-bond acceptors (Lipinski definition) is 4. The summed E-state index contributed by atoms with van der Waals surface area (Å²) in [5.74, 6) is 3.12. The third-order valence-electron chi connectivity index (χ3n) is 5.92. The maximum absolute atomic E-state index is 5.94. The van der Waals surface area contributed by atoms with Gasteiger partial charge >= 0.3 is 0 Å². The van der Waals surface area contributed by atoms with Crippen LogP contribution in [0.25, 0.3) is 0 Å². The van der Waals surface area contributed by atoms with Crippen LogP contribution in [-0.2, 0) is 5.41 Å². The molecule has 0 saturated carbocycles. The second kappa shape index (κ2) is 9.06. The van der Waals surface area contributed by atoms with Gasteiger partial charge in [0.2, 0.25) is 0 Å². The fraction of sp³-hybridized carbons (Fsp3) is 0.143. The van der Waals surface area contributed by atoms with Gasteiger partial charge in [0.15, 0.2) is 0 Å². The van der Waals surface area contributed by atoms with Crippen LogP contribution in [-0.4, -0.2) is 0 Å². The Morgan fingerprint density at radius 3 is 1.09 bits per heavy atom. The second-order valence-electron chi connectivity index (χ2n) is 8.08. The van der Waals surface area contributed by atoms with Gasteiger partial charge in [-0.25, -0.2) is 0 Å². The largest absolute Gasteiger partial charge is 0.457 e. The van der Waals surface area contributed by atoms with Crippen molar-refractivity contribution < 1.29 is 9.47 Å². The lowest BCUT2D eigenvalue weighted by molar-refractivity contribution is 0.479. The van der Waals surface area contributed by atoms with Gasteiger partial charge in [0.25, 0.3) is 0 Å². The molecule has 0 saturated heterocycles. The van der Waals surface area contributed by atoms with Crippen molar-refractivity contribution in [3.8, 4) is 23.0 Å². The van der Waals surface area contributed by atoms with Gasteiger partial charge in [-0.3, -0.25) is 0 Å². The van der Waals surface area contributed by atoms with Crippen LogP contribution < -0.4 is 20.9 Å². The smallest absolute Gasteiger partial charge is 0.127 e. The summed E-state index contributed by atoms with van der Waals surface area (Å²) in [7, 11) is 0. The van der Waals surface area contributed by atoms with E-state index in [2.05, 4.69) is 38.1 Å². The van der Waals surface area contributed by atoms with E-state index in [1.807, 2.05) is 72.8 Å². The number of benzene rings is 4. The zero-order valence-electron chi connectivity index (χ0n) is 18.4. The molecule has 0 bridgehead atoms. The summed E-state index contributed by atoms with van der Waals surface area (Å²) in [5.41, 5.74) is 15.3. The highest BCUT2D eigenvalue weighted by molar-refractivity contribution is 5.46. The van der Waals surface area contributed by atoms with Crippen LogP contribution in [0.4, 0.5) is 11.4 Å². The highest BCUT2D eigenvalue weighted by Gasteiger charge is 2.27. The quantitative estimate of drug-likeness (QED) is 0.309. The fourth-order valence-electron chi connectivity index (χ4n) is 3.70. The lowest BCUT2D eigenvalue weighted by atomic mass is 9.74. The number of anilines is 2. The molecule has 4 aromatic rings. The molecule has 0 heterocycles. The molecule has 162 valence electrons. The van der Waals surface area contributed by atoms with E-state index < -0.39 is 0 Å². The minimum atomic E-state index is -0.126. The first-order valence-electron chi connectivity index (χ1n) is 10.7. The molecule has 0 unspecified atom stereocenters. The maximum atomic E-state index is 5.94. The molecular weight excluding hydrogens is 396 g/mol. The highest BCUT2D eigenvalue weighted by atomic mass is 16.5. The zero-order chi connectivity index (χ0) is 22.6. The van der Waals surface area contributed by atoms with Crippen LogP contribution in [0.3, 0.4) is 0 Å². The molecule has 0 aromatic heterocycles. The van der Waals surface area contributed by atoms with E-state index in [-0.39, 0.29) is 5.41 Å². The maximum Gasteiger partial charge on any atom is 0.127 e. The molecule has 0 aliphatic heterocycles. The van der Waals surface area contributed by atoms with Crippen molar-refractivity contribution in [2.45, 2.75) is 25.7 Å². The number of nitrogens with two attached hydrogens (primary N) is 2. The molecule has 4 heteroatoms. The fourth-order valence-corrected chi connectivity index (χ4v) is 3.70. The molecule has 0 aliphatic rings. The van der Waals surface area contributed by atoms with E-state index in [1.165, 1.54) is 11.1 Å². The van der Waals surface area contributed by atoms with Gasteiger partial charge in [0.1, 0.15) is 23.0 Å². The predicted molar refractivity (Wildman–Crippen MR) is 131 cm³/mol. The first-order valence-corrected chi connectivity index (χ1v) is 10.7. The van der Waals surface area contributed by atoms with Gasteiger partial charge < -0.3 is 20.9 Å². The Kier molecular flexibility index (Phi) is 6.04. The number of nitrogen functional groups attached to an aromatic ring is 2. The van der Waals surface area contributed by atoms with Gasteiger partial charge in [0, 0.05) is 16.8 Å². The molecule has 4 nitrogen and oxygen atoms in total. The van der Waals surface area contributed by atoms with Crippen molar-refractivity contribution in [1.82, 2.24) is 0 Å². The molecule has 4 rings (SSSR count). The van der Waals surface area contributed by atoms with E-state index in [9.17, 15) is 0 Å². The lowest BCUT2D eigenvalue weighted by Gasteiger charge is -2.30. The Balaban J connectivity index is 1.50. The van der Waals surface area contributed by atoms with Crippen molar-refractivity contribution >= 4 is 11.4 Å². The Bertz CT molecular complexity index is 1060. The Morgan fingerprint density at radius 2 is 0.812 bits per heavy atom. The van der Waals surface area contributed by atoms with Crippen molar-refractivity contribution in [1.29, 1.82) is 0 Å². The number of ether oxygens (including phenoxy) is 2. The summed E-state index contributed by atoms with van der Waals surface area (Å²) >= 11 is 0. The summed E-state index contributed by atoms with van der Waals surface area (Å²) in [6.45, 7) is 4.47. The Hall–Kier alpha value is -3.92. The summed E-state index contributed by atoms with van der Waals surface area (Å²) in [4.78, 5) is 0. The third kappa shape index (κ3) is 4.70. The number of hydrogen-bond donors (Lipinski definition) is 2. The van der Waals surface area contributed by atoms with Gasteiger partial charge in [-0.1, -0.05) is 38.1 Å². The lowest BCUT2D eigenvalue weighted by Crippen LogP contribution is -2.22. The van der Waals surface area contributed by atoms with E-state index in [1.54, 1.807) is 0 Å². The molecule has 0 atom stereocenters. The molecule has 0 amide bonds. The highest BCUT2D eigenvalue weighted by Crippen LogP contribution is 2.37. The van der Waals surface area contributed by atoms with E-state index in [4.69, 9.17) is 20.9 Å². The molecule has 0 aliphatic carbocycles. The van der Waals surface area contributed by atoms with Crippen LogP contribution in [0.5, 0.6) is 23.0 Å². The van der Waals surface area contributed by atoms with Crippen LogP contribution >= 0.6 is 0 Å². The van der Waals surface area contributed by atoms with E-state index in [0.717, 1.165) is 40.8 Å². The summed E-state index contributed by atoms with van der Waals surface area (Å²) in [6, 6.07) is 31.4. The Morgan fingerprint density at radius 1 is 0.531 bits per heavy atom. The van der Waals surface area contributed by atoms with Gasteiger partial charge in [0.05, 0.1) is 0 Å². The van der Waals surface area contributed by atoms with Crippen molar-refractivity contribution in [3.05, 3.63) is 108 Å². The molecule has 4 aromatic carbocycles. The van der Waals surface area contributed by atoms with Gasteiger partial charge in [-0.05, 0) is 90.3 Å². The molecule has 0 fully saturated rings. The molecule has 0 radical (unpaired) electrons. The molecule has 4 N–H and O–H groups in total. The van der Waals surface area contributed by atoms with Crippen LogP contribution in [0.1, 0.15) is 31.4 Å². The van der Waals surface area contributed by atoms with Crippen LogP contribution in [0.2, 0.25) is 0 Å². The van der Waals surface area contributed by atoms with Crippen LogP contribution in [0.15, 0.2) is 97.1 Å². The summed E-state index contributed by atoms with van der Waals surface area (Å²) in [6.07, 6.45) is 0.962. The summed E-state index contributed by atoms with van der Waals surface area (Å²) in [5, 5.41) is 0. The van der Waals surface area contributed by atoms with Gasteiger partial charge in [-0.15, -0.1) is 0 Å². The average molecular weight is 425 g/mol. The van der Waals surface area contributed by atoms with Gasteiger partial charge in [-0.2, -0.15) is 0 Å². The third-order valence-corrected chi connectivity index (χ3v) is 5.92. The van der Waals surface area contributed by atoms with E-state index >= 15 is 0 Å². The average Bonchev–Trinajstić information content (AvgIpc) is 2.82. The summed E-state index contributed by atoms with van der Waals surface area (Å²) < 4.78 is 11.9. The van der Waals surface area contributed by atoms with E-state index in [0.29, 0.717) is 0 Å².